The van der Waals surface area contributed by atoms with Gasteiger partial charge in [0.05, 0.1) is 18.7 Å². The molecule has 1 aromatic heterocycles. The van der Waals surface area contributed by atoms with Crippen molar-refractivity contribution in [2.24, 2.45) is 0 Å². The van der Waals surface area contributed by atoms with Gasteiger partial charge in [-0.3, -0.25) is 0 Å². The molecule has 2 N–H and O–H groups in total. The van der Waals surface area contributed by atoms with Crippen LogP contribution in [0.4, 0.5) is 5.95 Å². The van der Waals surface area contributed by atoms with E-state index in [0.717, 1.165) is 30.7 Å². The van der Waals surface area contributed by atoms with Crippen molar-refractivity contribution in [2.45, 2.75) is 6.04 Å². The Hall–Kier alpha value is -1.79. The molecule has 0 bridgehead atoms. The van der Waals surface area contributed by atoms with Crippen LogP contribution in [0.15, 0.2) is 24.3 Å². The van der Waals surface area contributed by atoms with E-state index in [2.05, 4.69) is 25.8 Å². The zero-order valence-corrected chi connectivity index (χ0v) is 9.97. The quantitative estimate of drug-likeness (QED) is 0.817. The number of aromatic nitrogens is 3. The summed E-state index contributed by atoms with van der Waals surface area (Å²) in [5.74, 6) is 0.557. The van der Waals surface area contributed by atoms with Crippen molar-refractivity contribution < 1.29 is 4.74 Å². The van der Waals surface area contributed by atoms with E-state index < -0.39 is 0 Å². The number of fused-ring (bicyclic) bond motifs is 1. The molecule has 1 aromatic carbocycles. The summed E-state index contributed by atoms with van der Waals surface area (Å²) in [4.78, 5) is 4.41. The molecule has 0 saturated carbocycles. The minimum absolute atomic E-state index is 0.300. The summed E-state index contributed by atoms with van der Waals surface area (Å²) >= 11 is 0. The van der Waals surface area contributed by atoms with E-state index in [1.54, 1.807) is 0 Å². The molecule has 1 aliphatic rings. The fourth-order valence-electron chi connectivity index (χ4n) is 1.92. The predicted octanol–water partition coefficient (Wildman–Crippen LogP) is 0.425. The zero-order chi connectivity index (χ0) is 12.2. The first-order chi connectivity index (χ1) is 8.92. The van der Waals surface area contributed by atoms with Gasteiger partial charge in [-0.05, 0) is 12.1 Å². The zero-order valence-electron chi connectivity index (χ0n) is 9.97. The highest BCUT2D eigenvalue weighted by Gasteiger charge is 2.12. The van der Waals surface area contributed by atoms with Crippen molar-refractivity contribution in [3.05, 3.63) is 24.3 Å². The van der Waals surface area contributed by atoms with Crippen LogP contribution in [0, 0.1) is 0 Å². The van der Waals surface area contributed by atoms with E-state index in [4.69, 9.17) is 4.74 Å². The first-order valence-electron chi connectivity index (χ1n) is 6.06. The first kappa shape index (κ1) is 11.3. The minimum atomic E-state index is 0.300. The van der Waals surface area contributed by atoms with E-state index in [-0.39, 0.29) is 0 Å². The van der Waals surface area contributed by atoms with Gasteiger partial charge >= 0.3 is 0 Å². The smallest absolute Gasteiger partial charge is 0.243 e. The van der Waals surface area contributed by atoms with Crippen LogP contribution < -0.4 is 10.6 Å². The molecule has 6 nitrogen and oxygen atoms in total. The van der Waals surface area contributed by atoms with Crippen LogP contribution in [0.1, 0.15) is 0 Å². The fourth-order valence-corrected chi connectivity index (χ4v) is 1.92. The average Bonchev–Trinajstić information content (AvgIpc) is 2.46. The topological polar surface area (TPSA) is 72.0 Å². The Balaban J connectivity index is 1.66. The van der Waals surface area contributed by atoms with Crippen LogP contribution in [-0.4, -0.2) is 47.5 Å². The number of benzene rings is 1. The Labute approximate surface area is 105 Å². The summed E-state index contributed by atoms with van der Waals surface area (Å²) in [5, 5.41) is 14.7. The lowest BCUT2D eigenvalue weighted by Crippen LogP contribution is -2.45. The molecule has 0 amide bonds. The number of hydrogen-bond donors (Lipinski definition) is 2. The van der Waals surface area contributed by atoms with Crippen molar-refractivity contribution in [3.63, 3.8) is 0 Å². The SMILES string of the molecule is c1ccc2nc(NCC3COCCN3)nnc2c1. The van der Waals surface area contributed by atoms with Gasteiger partial charge in [-0.1, -0.05) is 12.1 Å². The second-order valence-corrected chi connectivity index (χ2v) is 4.23. The molecule has 3 rings (SSSR count). The molecule has 1 saturated heterocycles. The number of nitrogens with one attached hydrogen (secondary N) is 2. The number of nitrogens with zero attached hydrogens (tertiary/aromatic N) is 3. The normalized spacial score (nSPS) is 19.9. The van der Waals surface area contributed by atoms with Crippen LogP contribution in [-0.2, 0) is 4.74 Å². The first-order valence-corrected chi connectivity index (χ1v) is 6.06. The highest BCUT2D eigenvalue weighted by atomic mass is 16.5. The Morgan fingerprint density at radius 1 is 1.28 bits per heavy atom. The number of para-hydroxylation sites is 1. The van der Waals surface area contributed by atoms with Crippen LogP contribution in [0.3, 0.4) is 0 Å². The number of ether oxygens (including phenoxy) is 1. The summed E-state index contributed by atoms with van der Waals surface area (Å²) in [5.41, 5.74) is 1.66. The number of morpholine rings is 1. The predicted molar refractivity (Wildman–Crippen MR) is 68.4 cm³/mol. The van der Waals surface area contributed by atoms with Crippen molar-refractivity contribution in [1.82, 2.24) is 20.5 Å². The third-order valence-electron chi connectivity index (χ3n) is 2.87. The molecule has 6 heteroatoms. The van der Waals surface area contributed by atoms with Gasteiger partial charge in [0.2, 0.25) is 5.95 Å². The summed E-state index contributed by atoms with van der Waals surface area (Å²) < 4.78 is 5.38. The molecule has 0 aliphatic carbocycles. The molecule has 0 spiro atoms. The third kappa shape index (κ3) is 2.55. The lowest BCUT2D eigenvalue weighted by Gasteiger charge is -2.23. The van der Waals surface area contributed by atoms with Gasteiger partial charge in [-0.25, -0.2) is 4.98 Å². The lowest BCUT2D eigenvalue weighted by molar-refractivity contribution is 0.0806. The van der Waals surface area contributed by atoms with Crippen molar-refractivity contribution in [1.29, 1.82) is 0 Å². The second kappa shape index (κ2) is 5.24. The molecule has 1 fully saturated rings. The lowest BCUT2D eigenvalue weighted by atomic mass is 10.3. The average molecular weight is 245 g/mol. The van der Waals surface area contributed by atoms with Crippen molar-refractivity contribution >= 4 is 17.0 Å². The molecular formula is C12H15N5O. The highest BCUT2D eigenvalue weighted by Crippen LogP contribution is 2.08. The molecule has 2 heterocycles. The summed E-state index contributed by atoms with van der Waals surface area (Å²) in [6, 6.07) is 7.99. The third-order valence-corrected chi connectivity index (χ3v) is 2.87. The van der Waals surface area contributed by atoms with Crippen LogP contribution in [0.2, 0.25) is 0 Å². The molecule has 1 atom stereocenters. The van der Waals surface area contributed by atoms with Gasteiger partial charge < -0.3 is 15.4 Å². The van der Waals surface area contributed by atoms with Gasteiger partial charge in [0.1, 0.15) is 5.52 Å². The number of hydrogen-bond acceptors (Lipinski definition) is 6. The van der Waals surface area contributed by atoms with E-state index in [0.29, 0.717) is 18.6 Å². The molecular weight excluding hydrogens is 230 g/mol. The standard InChI is InChI=1S/C12H15N5O/c1-2-4-11-10(3-1)15-12(17-16-11)14-7-9-8-18-6-5-13-9/h1-4,9,13H,5-8H2,(H,14,15,17). The van der Waals surface area contributed by atoms with Gasteiger partial charge in [-0.2, -0.15) is 0 Å². The molecule has 1 unspecified atom stereocenters. The molecule has 1 aliphatic heterocycles. The van der Waals surface area contributed by atoms with Crippen molar-refractivity contribution in [2.75, 3.05) is 31.6 Å². The largest absolute Gasteiger partial charge is 0.378 e. The van der Waals surface area contributed by atoms with Gasteiger partial charge in [-0.15, -0.1) is 10.2 Å². The Morgan fingerprint density at radius 3 is 3.00 bits per heavy atom. The van der Waals surface area contributed by atoms with Crippen LogP contribution in [0.25, 0.3) is 11.0 Å². The maximum absolute atomic E-state index is 5.38. The second-order valence-electron chi connectivity index (χ2n) is 4.23. The van der Waals surface area contributed by atoms with Crippen LogP contribution in [0.5, 0.6) is 0 Å². The van der Waals surface area contributed by atoms with Gasteiger partial charge in [0.25, 0.3) is 0 Å². The van der Waals surface area contributed by atoms with Crippen LogP contribution >= 0.6 is 0 Å². The summed E-state index contributed by atoms with van der Waals surface area (Å²) in [6.07, 6.45) is 0. The molecule has 94 valence electrons. The summed E-state index contributed by atoms with van der Waals surface area (Å²) in [7, 11) is 0. The fraction of sp³-hybridized carbons (Fsp3) is 0.417. The minimum Gasteiger partial charge on any atom is -0.378 e. The molecule has 18 heavy (non-hydrogen) atoms. The van der Waals surface area contributed by atoms with E-state index in [1.165, 1.54) is 0 Å². The maximum Gasteiger partial charge on any atom is 0.243 e. The Kier molecular flexibility index (Phi) is 3.29. The molecule has 0 radical (unpaired) electrons. The number of anilines is 1. The van der Waals surface area contributed by atoms with E-state index in [9.17, 15) is 0 Å². The number of rotatable bonds is 3. The Bertz CT molecular complexity index is 527. The van der Waals surface area contributed by atoms with Gasteiger partial charge in [0.15, 0.2) is 0 Å². The van der Waals surface area contributed by atoms with Crippen molar-refractivity contribution in [3.8, 4) is 0 Å². The Morgan fingerprint density at radius 2 is 2.17 bits per heavy atom. The van der Waals surface area contributed by atoms with Gasteiger partial charge in [0, 0.05) is 19.1 Å². The molecule has 2 aromatic rings. The van der Waals surface area contributed by atoms with E-state index in [1.807, 2.05) is 24.3 Å². The van der Waals surface area contributed by atoms with E-state index >= 15 is 0 Å². The summed E-state index contributed by atoms with van der Waals surface area (Å²) in [6.45, 7) is 3.13. The maximum atomic E-state index is 5.38. The monoisotopic (exact) mass is 245 g/mol. The highest BCUT2D eigenvalue weighted by molar-refractivity contribution is 5.73.